The molecule has 5 nitrogen and oxygen atoms in total. The second-order valence-corrected chi connectivity index (χ2v) is 5.77. The average molecular weight is 318 g/mol. The van der Waals surface area contributed by atoms with E-state index >= 15 is 0 Å². The van der Waals surface area contributed by atoms with Gasteiger partial charge in [-0.15, -0.1) is 0 Å². The quantitative estimate of drug-likeness (QED) is 0.730. The standard InChI is InChI=1S/C9H5Cl2N5S2/c10-3-1-4(11)7-8(16-18-15-7)6(3)14-9-13-2-5(12)17-9/h1-2H,12H2,(H,13,14). The van der Waals surface area contributed by atoms with E-state index in [2.05, 4.69) is 19.0 Å². The summed E-state index contributed by atoms with van der Waals surface area (Å²) < 4.78 is 8.31. The minimum Gasteiger partial charge on any atom is -0.389 e. The van der Waals surface area contributed by atoms with Crippen LogP contribution in [0.3, 0.4) is 0 Å². The highest BCUT2D eigenvalue weighted by Crippen LogP contribution is 2.48. The first-order chi connectivity index (χ1) is 8.65. The summed E-state index contributed by atoms with van der Waals surface area (Å²) in [5.74, 6) is 0. The molecule has 0 atom stereocenters. The maximum atomic E-state index is 6.16. The fourth-order valence-corrected chi connectivity index (χ4v) is 3.19. The molecule has 1 aromatic heterocycles. The Kier molecular flexibility index (Phi) is 2.98. The molecule has 18 heavy (non-hydrogen) atoms. The Morgan fingerprint density at radius 2 is 1.94 bits per heavy atom. The van der Waals surface area contributed by atoms with Crippen molar-refractivity contribution in [2.24, 2.45) is 8.73 Å². The smallest absolute Gasteiger partial charge is 0.189 e. The number of nitrogens with one attached hydrogen (secondary N) is 1. The predicted octanol–water partition coefficient (Wildman–Crippen LogP) is 4.50. The largest absolute Gasteiger partial charge is 0.389 e. The number of nitrogens with two attached hydrogens (primary N) is 1. The second-order valence-electron chi connectivity index (χ2n) is 3.37. The SMILES string of the molecule is Nc1cnc(Nc2c(Cl)cc(Cl)c3c2N=S=N3)s1. The molecule has 0 saturated carbocycles. The predicted molar refractivity (Wildman–Crippen MR) is 77.8 cm³/mol. The first-order valence-electron chi connectivity index (χ1n) is 4.74. The van der Waals surface area contributed by atoms with Crippen molar-refractivity contribution in [2.75, 3.05) is 11.1 Å². The van der Waals surface area contributed by atoms with Crippen LogP contribution in [0.1, 0.15) is 0 Å². The van der Waals surface area contributed by atoms with Gasteiger partial charge in [-0.2, -0.15) is 8.73 Å². The molecule has 0 aliphatic carbocycles. The van der Waals surface area contributed by atoms with Crippen LogP contribution in [0, 0.1) is 0 Å². The summed E-state index contributed by atoms with van der Waals surface area (Å²) >= 11 is 14.6. The molecule has 0 radical (unpaired) electrons. The molecule has 3 rings (SSSR count). The molecule has 92 valence electrons. The van der Waals surface area contributed by atoms with E-state index in [9.17, 15) is 0 Å². The Hall–Kier alpha value is -1.15. The summed E-state index contributed by atoms with van der Waals surface area (Å²) in [5, 5.41) is 5.30. The highest BCUT2D eigenvalue weighted by atomic mass is 35.5. The van der Waals surface area contributed by atoms with Crippen LogP contribution in [-0.4, -0.2) is 4.98 Å². The molecule has 0 fully saturated rings. The lowest BCUT2D eigenvalue weighted by atomic mass is 10.2. The highest BCUT2D eigenvalue weighted by Gasteiger charge is 2.19. The number of benzene rings is 1. The van der Waals surface area contributed by atoms with Gasteiger partial charge in [0.15, 0.2) is 5.13 Å². The minimum atomic E-state index is 0.467. The van der Waals surface area contributed by atoms with Crippen molar-refractivity contribution in [2.45, 2.75) is 0 Å². The Balaban J connectivity index is 2.08. The van der Waals surface area contributed by atoms with E-state index in [-0.39, 0.29) is 0 Å². The van der Waals surface area contributed by atoms with Gasteiger partial charge in [0.2, 0.25) is 0 Å². The summed E-state index contributed by atoms with van der Waals surface area (Å²) in [4.78, 5) is 4.11. The Labute approximate surface area is 120 Å². The van der Waals surface area contributed by atoms with Crippen LogP contribution in [0.4, 0.5) is 27.2 Å². The van der Waals surface area contributed by atoms with Crippen molar-refractivity contribution in [3.8, 4) is 0 Å². The molecule has 0 spiro atoms. The van der Waals surface area contributed by atoms with Crippen LogP contribution in [0.15, 0.2) is 21.0 Å². The number of anilines is 3. The lowest BCUT2D eigenvalue weighted by Gasteiger charge is -2.09. The van der Waals surface area contributed by atoms with Gasteiger partial charge in [0.05, 0.1) is 33.3 Å². The number of hydrogen-bond acceptors (Lipinski definition) is 6. The number of aromatic nitrogens is 1. The summed E-state index contributed by atoms with van der Waals surface area (Å²) in [7, 11) is 0. The van der Waals surface area contributed by atoms with Crippen LogP contribution in [-0.2, 0) is 11.4 Å². The molecule has 2 heterocycles. The zero-order valence-corrected chi connectivity index (χ0v) is 11.8. The fraction of sp³-hybridized carbons (Fsp3) is 0. The lowest BCUT2D eigenvalue weighted by molar-refractivity contribution is 1.38. The molecule has 0 amide bonds. The van der Waals surface area contributed by atoms with E-state index in [1.54, 1.807) is 12.3 Å². The van der Waals surface area contributed by atoms with Gasteiger partial charge in [0.25, 0.3) is 0 Å². The monoisotopic (exact) mass is 317 g/mol. The molecule has 2 aromatic rings. The third-order valence-electron chi connectivity index (χ3n) is 2.20. The van der Waals surface area contributed by atoms with E-state index in [1.165, 1.54) is 11.3 Å². The van der Waals surface area contributed by atoms with E-state index in [0.29, 0.717) is 37.2 Å². The number of hydrogen-bond donors (Lipinski definition) is 2. The lowest BCUT2D eigenvalue weighted by Crippen LogP contribution is -1.91. The second kappa shape index (κ2) is 4.51. The van der Waals surface area contributed by atoms with Crippen LogP contribution in [0.5, 0.6) is 0 Å². The van der Waals surface area contributed by atoms with Crippen molar-refractivity contribution in [3.05, 3.63) is 22.3 Å². The molecule has 0 saturated heterocycles. The van der Waals surface area contributed by atoms with Gasteiger partial charge in [-0.1, -0.05) is 34.5 Å². The number of thiazole rings is 1. The zero-order valence-electron chi connectivity index (χ0n) is 8.65. The maximum Gasteiger partial charge on any atom is 0.189 e. The molecule has 1 aliphatic rings. The first-order valence-corrected chi connectivity index (χ1v) is 7.04. The fourth-order valence-electron chi connectivity index (χ4n) is 1.44. The van der Waals surface area contributed by atoms with Gasteiger partial charge in [0.1, 0.15) is 16.4 Å². The van der Waals surface area contributed by atoms with Gasteiger partial charge >= 0.3 is 0 Å². The highest BCUT2D eigenvalue weighted by molar-refractivity contribution is 7.58. The molecular formula is C9H5Cl2N5S2. The number of nitrogens with zero attached hydrogens (tertiary/aromatic N) is 3. The van der Waals surface area contributed by atoms with Gasteiger partial charge in [-0.05, 0) is 6.07 Å². The zero-order chi connectivity index (χ0) is 12.7. The summed E-state index contributed by atoms with van der Waals surface area (Å²) in [6, 6.07) is 1.63. The van der Waals surface area contributed by atoms with Crippen LogP contribution < -0.4 is 11.1 Å². The molecule has 0 unspecified atom stereocenters. The summed E-state index contributed by atoms with van der Waals surface area (Å²) in [5.41, 5.74) is 7.52. The van der Waals surface area contributed by atoms with Gasteiger partial charge in [-0.25, -0.2) is 4.98 Å². The van der Waals surface area contributed by atoms with Crippen molar-refractivity contribution in [3.63, 3.8) is 0 Å². The van der Waals surface area contributed by atoms with Crippen LogP contribution in [0.25, 0.3) is 0 Å². The summed E-state index contributed by atoms with van der Waals surface area (Å²) in [6.45, 7) is 0. The Morgan fingerprint density at radius 3 is 2.67 bits per heavy atom. The third-order valence-corrected chi connectivity index (χ3v) is 4.06. The molecule has 3 N–H and O–H groups in total. The first kappa shape index (κ1) is 11.9. The van der Waals surface area contributed by atoms with Gasteiger partial charge < -0.3 is 11.1 Å². The summed E-state index contributed by atoms with van der Waals surface area (Å²) in [6.07, 6.45) is 1.58. The molecule has 1 aromatic carbocycles. The van der Waals surface area contributed by atoms with Crippen molar-refractivity contribution in [1.29, 1.82) is 0 Å². The van der Waals surface area contributed by atoms with Crippen molar-refractivity contribution in [1.82, 2.24) is 4.98 Å². The van der Waals surface area contributed by atoms with Crippen LogP contribution in [0.2, 0.25) is 10.0 Å². The van der Waals surface area contributed by atoms with E-state index in [0.717, 1.165) is 11.4 Å². The van der Waals surface area contributed by atoms with Crippen molar-refractivity contribution >= 4 is 73.1 Å². The van der Waals surface area contributed by atoms with Crippen LogP contribution >= 0.6 is 34.5 Å². The minimum absolute atomic E-state index is 0.467. The normalized spacial score (nSPS) is 12.3. The Bertz CT molecular complexity index is 705. The molecular weight excluding hydrogens is 313 g/mol. The Morgan fingerprint density at radius 1 is 1.17 bits per heavy atom. The number of fused-ring (bicyclic) bond motifs is 1. The van der Waals surface area contributed by atoms with E-state index in [1.807, 2.05) is 0 Å². The molecule has 9 heteroatoms. The topological polar surface area (TPSA) is 75.7 Å². The van der Waals surface area contributed by atoms with E-state index in [4.69, 9.17) is 28.9 Å². The average Bonchev–Trinajstić information content (AvgIpc) is 2.93. The number of rotatable bonds is 2. The number of nitrogen functional groups attached to an aromatic ring is 1. The third kappa shape index (κ3) is 1.99. The maximum absolute atomic E-state index is 6.16. The molecule has 0 bridgehead atoms. The molecule has 1 aliphatic heterocycles. The van der Waals surface area contributed by atoms with E-state index < -0.39 is 0 Å². The van der Waals surface area contributed by atoms with Crippen molar-refractivity contribution < 1.29 is 0 Å². The number of halogens is 2. The van der Waals surface area contributed by atoms with Gasteiger partial charge in [0, 0.05) is 0 Å². The van der Waals surface area contributed by atoms with Gasteiger partial charge in [-0.3, -0.25) is 0 Å².